The molecule has 326 valence electrons. The molecule has 0 saturated heterocycles. The van der Waals surface area contributed by atoms with Gasteiger partial charge in [0.2, 0.25) is 23.6 Å². The van der Waals surface area contributed by atoms with Crippen molar-refractivity contribution >= 4 is 46.9 Å². The van der Waals surface area contributed by atoms with Crippen LogP contribution >= 0.6 is 0 Å². The minimum absolute atomic E-state index is 0.00334. The van der Waals surface area contributed by atoms with Crippen molar-refractivity contribution in [3.63, 3.8) is 0 Å². The number of hydrogen-bond donors (Lipinski definition) is 4. The monoisotopic (exact) mass is 828 g/mol. The summed E-state index contributed by atoms with van der Waals surface area (Å²) in [5.41, 5.74) is 3.01. The number of carbonyl (C=O) groups is 6. The average Bonchev–Trinajstić information content (AvgIpc) is 3.23. The lowest BCUT2D eigenvalue weighted by Crippen LogP contribution is -2.56. The first-order chi connectivity index (χ1) is 28.4. The number of likely N-dealkylation sites (N-methyl/N-ethyl adjacent to an activating group) is 2. The molecule has 2 aromatic carbocycles. The van der Waals surface area contributed by atoms with E-state index in [0.717, 1.165) is 22.5 Å². The van der Waals surface area contributed by atoms with Crippen LogP contribution in [-0.2, 0) is 38.2 Å². The summed E-state index contributed by atoms with van der Waals surface area (Å²) in [6.07, 6.45) is 1.32. The number of nitrogens with one attached hydrogen (secondary N) is 4. The van der Waals surface area contributed by atoms with Crippen molar-refractivity contribution < 1.29 is 38.2 Å². The van der Waals surface area contributed by atoms with Crippen LogP contribution in [0.5, 0.6) is 0 Å². The van der Waals surface area contributed by atoms with Gasteiger partial charge >= 0.3 is 11.9 Å². The van der Waals surface area contributed by atoms with E-state index in [0.29, 0.717) is 12.8 Å². The number of ether oxygens (including phenoxy) is 2. The van der Waals surface area contributed by atoms with Gasteiger partial charge < -0.3 is 40.5 Å². The highest BCUT2D eigenvalue weighted by Gasteiger charge is 2.33. The van der Waals surface area contributed by atoms with E-state index in [1.165, 1.54) is 14.2 Å². The fourth-order valence-corrected chi connectivity index (χ4v) is 6.01. The van der Waals surface area contributed by atoms with Crippen molar-refractivity contribution in [1.82, 2.24) is 21.3 Å². The molecule has 60 heavy (non-hydrogen) atoms. The Morgan fingerprint density at radius 2 is 0.850 bits per heavy atom. The number of methoxy groups -OCH3 is 2. The van der Waals surface area contributed by atoms with Crippen LogP contribution in [0.15, 0.2) is 48.5 Å². The smallest absolute Gasteiger partial charge is 0.328 e. The number of esters is 2. The van der Waals surface area contributed by atoms with Gasteiger partial charge in [-0.3, -0.25) is 19.2 Å². The van der Waals surface area contributed by atoms with Crippen LogP contribution in [0.2, 0.25) is 0 Å². The van der Waals surface area contributed by atoms with E-state index < -0.39 is 47.9 Å². The van der Waals surface area contributed by atoms with E-state index in [9.17, 15) is 28.8 Å². The SMILES string of the molecule is CC[C@H](C)[C@H](NC(=O)[C@@H](NC(=O)CN(C)c1ccc(C#CC#Cc2ccc(N(C)CC(=O)N[C@H](C(=O)N[C@H](C(=O)OC)[C@@H](C)CC)C(C)C)cc2)cc1)C(C)C)C(=O)OC. The summed E-state index contributed by atoms with van der Waals surface area (Å²) < 4.78 is 9.75. The summed E-state index contributed by atoms with van der Waals surface area (Å²) in [4.78, 5) is 80.4. The van der Waals surface area contributed by atoms with Crippen LogP contribution in [0.3, 0.4) is 0 Å². The lowest BCUT2D eigenvalue weighted by Gasteiger charge is -2.28. The second-order valence-electron chi connectivity index (χ2n) is 15.7. The van der Waals surface area contributed by atoms with E-state index in [1.54, 1.807) is 23.9 Å². The molecular formula is C46H64N6O8. The van der Waals surface area contributed by atoms with Crippen LogP contribution in [0, 0.1) is 47.4 Å². The molecule has 4 amide bonds. The summed E-state index contributed by atoms with van der Waals surface area (Å²) in [6, 6.07) is 11.4. The predicted molar refractivity (Wildman–Crippen MR) is 234 cm³/mol. The summed E-state index contributed by atoms with van der Waals surface area (Å²) in [5.74, 6) is 8.39. The van der Waals surface area contributed by atoms with Gasteiger partial charge in [0.25, 0.3) is 0 Å². The quantitative estimate of drug-likeness (QED) is 0.114. The molecule has 14 nitrogen and oxygen atoms in total. The topological polar surface area (TPSA) is 175 Å². The van der Waals surface area contributed by atoms with Gasteiger partial charge in [-0.25, -0.2) is 9.59 Å². The van der Waals surface area contributed by atoms with Crippen LogP contribution in [0.1, 0.15) is 79.4 Å². The molecule has 0 spiro atoms. The van der Waals surface area contributed by atoms with E-state index in [2.05, 4.69) is 44.9 Å². The fraction of sp³-hybridized carbons (Fsp3) is 0.522. The summed E-state index contributed by atoms with van der Waals surface area (Å²) in [6.45, 7) is 14.8. The number of nitrogens with zero attached hydrogens (tertiary/aromatic N) is 2. The molecule has 0 fully saturated rings. The molecule has 0 unspecified atom stereocenters. The standard InChI is InChI=1S/C46H64N6O8/c1-13-31(7)41(45(57)59-11)49-43(55)39(29(3)4)47-37(53)27-51(9)35-23-19-33(20-24-35)17-15-16-18-34-21-25-36(26-22-34)52(10)28-38(54)48-40(30(5)6)44(56)50-42(32(8)14-2)46(58)60-12/h19-26,29-32,39-42H,13-14,27-28H2,1-12H3,(H,47,53)(H,48,54)(H,49,55)(H,50,56)/t31-,32-,39-,40-,41-,42-/m0/s1. The van der Waals surface area contributed by atoms with Gasteiger partial charge in [0.05, 0.1) is 27.3 Å². The molecule has 0 aliphatic heterocycles. The van der Waals surface area contributed by atoms with E-state index >= 15 is 0 Å². The first-order valence-corrected chi connectivity index (χ1v) is 20.4. The molecule has 0 radical (unpaired) electrons. The maximum atomic E-state index is 13.1. The number of hydrogen-bond acceptors (Lipinski definition) is 10. The highest BCUT2D eigenvalue weighted by molar-refractivity contribution is 5.93. The van der Waals surface area contributed by atoms with Gasteiger partial charge in [-0.15, -0.1) is 0 Å². The Morgan fingerprint density at radius 3 is 1.12 bits per heavy atom. The van der Waals surface area contributed by atoms with Crippen molar-refractivity contribution in [1.29, 1.82) is 0 Å². The second-order valence-corrected chi connectivity index (χ2v) is 15.7. The third-order valence-corrected chi connectivity index (χ3v) is 10.3. The lowest BCUT2D eigenvalue weighted by atomic mass is 9.97. The maximum Gasteiger partial charge on any atom is 0.328 e. The zero-order valence-electron chi connectivity index (χ0n) is 37.2. The van der Waals surface area contributed by atoms with Crippen LogP contribution in [0.4, 0.5) is 11.4 Å². The maximum absolute atomic E-state index is 13.1. The van der Waals surface area contributed by atoms with Gasteiger partial charge in [0.15, 0.2) is 0 Å². The molecule has 4 N–H and O–H groups in total. The summed E-state index contributed by atoms with van der Waals surface area (Å²) in [5, 5.41) is 11.1. The zero-order chi connectivity index (χ0) is 45.1. The Kier molecular flexibility index (Phi) is 20.7. The first-order valence-electron chi connectivity index (χ1n) is 20.4. The Balaban J connectivity index is 1.97. The Hall–Kier alpha value is -6.02. The minimum Gasteiger partial charge on any atom is -0.467 e. The Bertz CT molecular complexity index is 1750. The van der Waals surface area contributed by atoms with Gasteiger partial charge in [-0.1, -0.05) is 80.1 Å². The highest BCUT2D eigenvalue weighted by atomic mass is 16.5. The molecule has 14 heteroatoms. The predicted octanol–water partition coefficient (Wildman–Crippen LogP) is 3.65. The van der Waals surface area contributed by atoms with E-state index in [4.69, 9.17) is 9.47 Å². The summed E-state index contributed by atoms with van der Waals surface area (Å²) >= 11 is 0. The highest BCUT2D eigenvalue weighted by Crippen LogP contribution is 2.16. The number of benzene rings is 2. The average molecular weight is 829 g/mol. The van der Waals surface area contributed by atoms with Crippen LogP contribution in [-0.4, -0.2) is 101 Å². The molecular weight excluding hydrogens is 765 g/mol. The Labute approximate surface area is 356 Å². The van der Waals surface area contributed by atoms with Crippen molar-refractivity contribution in [3.8, 4) is 23.7 Å². The normalized spacial score (nSPS) is 13.6. The number of carbonyl (C=O) groups excluding carboxylic acids is 6. The van der Waals surface area contributed by atoms with E-state index in [1.807, 2.05) is 104 Å². The number of rotatable bonds is 20. The number of anilines is 2. The van der Waals surface area contributed by atoms with E-state index in [-0.39, 0.29) is 48.6 Å². The van der Waals surface area contributed by atoms with Crippen LogP contribution in [0.25, 0.3) is 0 Å². The Morgan fingerprint density at radius 1 is 0.533 bits per heavy atom. The molecule has 0 aliphatic carbocycles. The molecule has 0 saturated carbocycles. The van der Waals surface area contributed by atoms with Gasteiger partial charge in [-0.05, 0) is 84.0 Å². The van der Waals surface area contributed by atoms with Crippen molar-refractivity contribution in [2.75, 3.05) is 51.2 Å². The first kappa shape index (κ1) is 50.1. The molecule has 0 heterocycles. The molecule has 2 rings (SSSR count). The molecule has 0 bridgehead atoms. The molecule has 0 aromatic heterocycles. The third kappa shape index (κ3) is 15.6. The molecule has 2 aromatic rings. The number of amides is 4. The largest absolute Gasteiger partial charge is 0.467 e. The van der Waals surface area contributed by atoms with Crippen molar-refractivity contribution in [3.05, 3.63) is 59.7 Å². The zero-order valence-corrected chi connectivity index (χ0v) is 37.2. The molecule has 0 aliphatic rings. The van der Waals surface area contributed by atoms with Crippen molar-refractivity contribution in [2.24, 2.45) is 23.7 Å². The molecule has 6 atom stereocenters. The van der Waals surface area contributed by atoms with Gasteiger partial charge in [-0.2, -0.15) is 0 Å². The second kappa shape index (κ2) is 24.8. The fourth-order valence-electron chi connectivity index (χ4n) is 6.01. The van der Waals surface area contributed by atoms with Crippen molar-refractivity contribution in [2.45, 2.75) is 92.4 Å². The van der Waals surface area contributed by atoms with Crippen LogP contribution < -0.4 is 31.1 Å². The summed E-state index contributed by atoms with van der Waals surface area (Å²) in [7, 11) is 6.10. The minimum atomic E-state index is -0.838. The lowest BCUT2D eigenvalue weighted by molar-refractivity contribution is -0.147. The van der Waals surface area contributed by atoms with Gasteiger partial charge in [0.1, 0.15) is 24.2 Å². The van der Waals surface area contributed by atoms with Gasteiger partial charge in [0, 0.05) is 36.6 Å². The third-order valence-electron chi connectivity index (χ3n) is 10.3.